The van der Waals surface area contributed by atoms with Crippen LogP contribution >= 0.6 is 11.6 Å². The smallest absolute Gasteiger partial charge is 0.425 e. The van der Waals surface area contributed by atoms with Crippen molar-refractivity contribution in [1.29, 1.82) is 0 Å². The monoisotopic (exact) mass is 531 g/mol. The zero-order valence-electron chi connectivity index (χ0n) is 21.4. The molecule has 0 spiro atoms. The molecule has 1 aliphatic rings. The van der Waals surface area contributed by atoms with E-state index in [1.807, 2.05) is 0 Å². The van der Waals surface area contributed by atoms with Gasteiger partial charge in [0, 0.05) is 18.1 Å². The van der Waals surface area contributed by atoms with Crippen molar-refractivity contribution in [2.75, 3.05) is 13.1 Å². The normalized spacial score (nSPS) is 18.8. The average Bonchev–Trinajstić information content (AvgIpc) is 3.18. The van der Waals surface area contributed by atoms with E-state index < -0.39 is 33.0 Å². The molecule has 1 amide bonds. The molecule has 0 aromatic heterocycles. The number of nitrogens with zero attached hydrogens (tertiary/aromatic N) is 1. The predicted octanol–water partition coefficient (Wildman–Crippen LogP) is 4.16. The fourth-order valence-corrected chi connectivity index (χ4v) is 4.91. The summed E-state index contributed by atoms with van der Waals surface area (Å²) in [5.41, 5.74) is -1.76. The van der Waals surface area contributed by atoms with E-state index in [9.17, 15) is 18.0 Å². The number of benzene rings is 1. The van der Waals surface area contributed by atoms with Crippen molar-refractivity contribution in [2.45, 2.75) is 90.5 Å². The van der Waals surface area contributed by atoms with E-state index in [1.165, 1.54) is 0 Å². The van der Waals surface area contributed by atoms with Crippen LogP contribution in [0.4, 0.5) is 4.79 Å². The molecule has 1 aromatic carbocycles. The zero-order chi connectivity index (χ0) is 26.5. The standard InChI is InChI=1S/C24H38ClN3O6S/c1-22(2,3)33-20(29)24(13-7-15-26-24)14-8-16-28(21(30)34-23(4,5)6)35(31,32)27-17-18-9-11-19(25)12-10-18/h9-12,26-27H,7-8,13-17H2,1-6H3/t24-/m1/s1. The highest BCUT2D eigenvalue weighted by Gasteiger charge is 2.44. The molecule has 1 saturated heterocycles. The summed E-state index contributed by atoms with van der Waals surface area (Å²) in [7, 11) is -4.23. The molecule has 1 fully saturated rings. The topological polar surface area (TPSA) is 114 Å². The molecule has 1 atom stereocenters. The van der Waals surface area contributed by atoms with Crippen LogP contribution in [0.2, 0.25) is 5.02 Å². The van der Waals surface area contributed by atoms with Gasteiger partial charge in [0.05, 0.1) is 0 Å². The Balaban J connectivity index is 2.15. The molecule has 0 unspecified atom stereocenters. The number of carbonyl (C=O) groups excluding carboxylic acids is 2. The fourth-order valence-electron chi connectivity index (χ4n) is 3.67. The summed E-state index contributed by atoms with van der Waals surface area (Å²) in [6, 6.07) is 6.70. The van der Waals surface area contributed by atoms with E-state index in [0.717, 1.165) is 6.42 Å². The molecule has 0 radical (unpaired) electrons. The maximum Gasteiger partial charge on any atom is 0.425 e. The number of hydrogen-bond acceptors (Lipinski definition) is 7. The Morgan fingerprint density at radius 1 is 1.09 bits per heavy atom. The lowest BCUT2D eigenvalue weighted by molar-refractivity contribution is -0.163. The van der Waals surface area contributed by atoms with Crippen LogP contribution in [0.3, 0.4) is 0 Å². The van der Waals surface area contributed by atoms with Crippen molar-refractivity contribution in [1.82, 2.24) is 14.3 Å². The second-order valence-corrected chi connectivity index (χ2v) is 12.8. The van der Waals surface area contributed by atoms with Crippen LogP contribution in [0.25, 0.3) is 0 Å². The van der Waals surface area contributed by atoms with Gasteiger partial charge in [-0.1, -0.05) is 23.7 Å². The van der Waals surface area contributed by atoms with E-state index in [0.29, 0.717) is 34.3 Å². The molecular formula is C24H38ClN3O6S. The highest BCUT2D eigenvalue weighted by Crippen LogP contribution is 2.29. The lowest BCUT2D eigenvalue weighted by Crippen LogP contribution is -2.51. The summed E-state index contributed by atoms with van der Waals surface area (Å²) in [5.74, 6) is -0.366. The van der Waals surface area contributed by atoms with Gasteiger partial charge in [-0.15, -0.1) is 0 Å². The summed E-state index contributed by atoms with van der Waals surface area (Å²) < 4.78 is 40.3. The molecule has 1 aromatic rings. The largest absolute Gasteiger partial charge is 0.459 e. The third-order valence-corrected chi connectivity index (χ3v) is 6.93. The maximum atomic E-state index is 13.1. The molecule has 0 saturated carbocycles. The first-order valence-corrected chi connectivity index (χ1v) is 13.6. The number of ether oxygens (including phenoxy) is 2. The molecule has 9 nitrogen and oxygen atoms in total. The minimum absolute atomic E-state index is 0.0256. The van der Waals surface area contributed by atoms with Crippen LogP contribution in [0.5, 0.6) is 0 Å². The molecule has 0 aliphatic carbocycles. The summed E-state index contributed by atoms with van der Waals surface area (Å²) in [6.07, 6.45) is 0.958. The third kappa shape index (κ3) is 9.25. The lowest BCUT2D eigenvalue weighted by Gasteiger charge is -2.32. The Labute approximate surface area is 214 Å². The van der Waals surface area contributed by atoms with Crippen molar-refractivity contribution in [3.63, 3.8) is 0 Å². The van der Waals surface area contributed by atoms with Crippen molar-refractivity contribution >= 4 is 33.9 Å². The predicted molar refractivity (Wildman–Crippen MR) is 135 cm³/mol. The number of amides is 1. The summed E-state index contributed by atoms with van der Waals surface area (Å²) in [6.45, 7) is 10.9. The average molecular weight is 532 g/mol. The number of halogens is 1. The molecule has 1 aliphatic heterocycles. The first-order chi connectivity index (χ1) is 16.0. The first-order valence-electron chi connectivity index (χ1n) is 11.8. The van der Waals surface area contributed by atoms with Crippen LogP contribution in [0.15, 0.2) is 24.3 Å². The van der Waals surface area contributed by atoms with E-state index in [-0.39, 0.29) is 25.5 Å². The summed E-state index contributed by atoms with van der Waals surface area (Å²) in [5, 5.41) is 3.77. The van der Waals surface area contributed by atoms with Crippen molar-refractivity contribution in [3.05, 3.63) is 34.9 Å². The van der Waals surface area contributed by atoms with Gasteiger partial charge in [0.1, 0.15) is 16.7 Å². The van der Waals surface area contributed by atoms with Crippen LogP contribution in [-0.4, -0.2) is 54.6 Å². The molecule has 2 N–H and O–H groups in total. The van der Waals surface area contributed by atoms with Crippen LogP contribution < -0.4 is 10.0 Å². The number of rotatable bonds is 9. The molecule has 35 heavy (non-hydrogen) atoms. The van der Waals surface area contributed by atoms with Gasteiger partial charge >= 0.3 is 22.3 Å². The van der Waals surface area contributed by atoms with Crippen LogP contribution in [0.1, 0.15) is 72.8 Å². The van der Waals surface area contributed by atoms with E-state index in [2.05, 4.69) is 10.0 Å². The Bertz CT molecular complexity index is 978. The second-order valence-electron chi connectivity index (χ2n) is 10.7. The highest BCUT2D eigenvalue weighted by atomic mass is 35.5. The van der Waals surface area contributed by atoms with Gasteiger partial charge < -0.3 is 14.8 Å². The minimum Gasteiger partial charge on any atom is -0.459 e. The molecular weight excluding hydrogens is 494 g/mol. The first kappa shape index (κ1) is 29.4. The highest BCUT2D eigenvalue weighted by molar-refractivity contribution is 7.87. The quantitative estimate of drug-likeness (QED) is 0.460. The van der Waals surface area contributed by atoms with Gasteiger partial charge in [0.15, 0.2) is 0 Å². The lowest BCUT2D eigenvalue weighted by atomic mass is 9.91. The Morgan fingerprint density at radius 3 is 2.20 bits per heavy atom. The van der Waals surface area contributed by atoms with Crippen molar-refractivity contribution in [3.8, 4) is 0 Å². The third-order valence-electron chi connectivity index (χ3n) is 5.26. The molecule has 1 heterocycles. The van der Waals surface area contributed by atoms with Gasteiger partial charge in [-0.05, 0) is 91.5 Å². The summed E-state index contributed by atoms with van der Waals surface area (Å²) in [4.78, 5) is 25.8. The Kier molecular flexibility index (Phi) is 9.60. The second kappa shape index (κ2) is 11.5. The number of hydrogen-bond donors (Lipinski definition) is 2. The van der Waals surface area contributed by atoms with Gasteiger partial charge in [-0.3, -0.25) is 4.79 Å². The fraction of sp³-hybridized carbons (Fsp3) is 0.667. The van der Waals surface area contributed by atoms with E-state index >= 15 is 0 Å². The van der Waals surface area contributed by atoms with Crippen LogP contribution in [0, 0.1) is 0 Å². The molecule has 198 valence electrons. The zero-order valence-corrected chi connectivity index (χ0v) is 23.0. The maximum absolute atomic E-state index is 13.1. The Hall–Kier alpha value is -1.88. The van der Waals surface area contributed by atoms with Gasteiger partial charge in [0.25, 0.3) is 0 Å². The SMILES string of the molecule is CC(C)(C)OC(=O)N(CCC[C@@]1(C(=O)OC(C)(C)C)CCCN1)S(=O)(=O)NCc1ccc(Cl)cc1. The molecule has 2 rings (SSSR count). The van der Waals surface area contributed by atoms with E-state index in [4.69, 9.17) is 21.1 Å². The van der Waals surface area contributed by atoms with Crippen molar-refractivity contribution in [2.24, 2.45) is 0 Å². The van der Waals surface area contributed by atoms with Crippen molar-refractivity contribution < 1.29 is 27.5 Å². The number of esters is 1. The van der Waals surface area contributed by atoms with E-state index in [1.54, 1.807) is 65.8 Å². The van der Waals surface area contributed by atoms with Crippen LogP contribution in [-0.2, 0) is 31.0 Å². The number of nitrogens with one attached hydrogen (secondary N) is 2. The van der Waals surface area contributed by atoms with Gasteiger partial charge in [0.2, 0.25) is 0 Å². The number of carbonyl (C=O) groups is 2. The van der Waals surface area contributed by atoms with Gasteiger partial charge in [-0.2, -0.15) is 17.4 Å². The Morgan fingerprint density at radius 2 is 1.69 bits per heavy atom. The molecule has 0 bridgehead atoms. The van der Waals surface area contributed by atoms with Gasteiger partial charge in [-0.25, -0.2) is 4.79 Å². The molecule has 11 heteroatoms. The summed E-state index contributed by atoms with van der Waals surface area (Å²) >= 11 is 5.89. The minimum atomic E-state index is -4.23.